The highest BCUT2D eigenvalue weighted by atomic mass is 16.5. The second-order valence-corrected chi connectivity index (χ2v) is 5.14. The normalized spacial score (nSPS) is 22.3. The molecule has 1 atom stereocenters. The van der Waals surface area contributed by atoms with Gasteiger partial charge in [-0.25, -0.2) is 0 Å². The molecule has 0 amide bonds. The van der Waals surface area contributed by atoms with Crippen molar-refractivity contribution >= 4 is 0 Å². The van der Waals surface area contributed by atoms with Crippen LogP contribution in [0.1, 0.15) is 25.3 Å². The van der Waals surface area contributed by atoms with E-state index in [0.29, 0.717) is 13.2 Å². The minimum absolute atomic E-state index is 0.0437. The minimum Gasteiger partial charge on any atom is -0.493 e. The van der Waals surface area contributed by atoms with Gasteiger partial charge in [0.05, 0.1) is 6.61 Å². The summed E-state index contributed by atoms with van der Waals surface area (Å²) in [6, 6.07) is 8.23. The van der Waals surface area contributed by atoms with E-state index in [2.05, 4.69) is 19.1 Å². The first-order valence-electron chi connectivity index (χ1n) is 6.78. The molecular formula is C15H23NO2. The van der Waals surface area contributed by atoms with Gasteiger partial charge in [-0.2, -0.15) is 0 Å². The molecule has 0 saturated heterocycles. The Morgan fingerprint density at radius 1 is 1.33 bits per heavy atom. The lowest BCUT2D eigenvalue weighted by Gasteiger charge is -2.37. The average Bonchev–Trinajstić information content (AvgIpc) is 2.43. The largest absolute Gasteiger partial charge is 0.493 e. The van der Waals surface area contributed by atoms with Gasteiger partial charge in [-0.15, -0.1) is 0 Å². The van der Waals surface area contributed by atoms with E-state index in [0.717, 1.165) is 38.2 Å². The Kier molecular flexibility index (Phi) is 4.61. The second kappa shape index (κ2) is 6.21. The van der Waals surface area contributed by atoms with Crippen LogP contribution in [-0.4, -0.2) is 26.4 Å². The zero-order valence-electron chi connectivity index (χ0n) is 11.2. The van der Waals surface area contributed by atoms with Gasteiger partial charge in [-0.05, 0) is 30.9 Å². The van der Waals surface area contributed by atoms with E-state index in [-0.39, 0.29) is 5.41 Å². The molecule has 0 radical (unpaired) electrons. The van der Waals surface area contributed by atoms with Crippen LogP contribution in [0.2, 0.25) is 0 Å². The van der Waals surface area contributed by atoms with Gasteiger partial charge in [0.25, 0.3) is 0 Å². The molecule has 2 N–H and O–H groups in total. The zero-order chi connectivity index (χ0) is 12.8. The average molecular weight is 249 g/mol. The maximum absolute atomic E-state index is 5.97. The molecular weight excluding hydrogens is 226 g/mol. The summed E-state index contributed by atoms with van der Waals surface area (Å²) in [6.07, 6.45) is 3.03. The molecule has 0 aliphatic carbocycles. The fraction of sp³-hybridized carbons (Fsp3) is 0.600. The van der Waals surface area contributed by atoms with Gasteiger partial charge in [-0.3, -0.25) is 0 Å². The van der Waals surface area contributed by atoms with Gasteiger partial charge in [0.15, 0.2) is 0 Å². The van der Waals surface area contributed by atoms with Crippen molar-refractivity contribution in [3.63, 3.8) is 0 Å². The van der Waals surface area contributed by atoms with Gasteiger partial charge >= 0.3 is 0 Å². The summed E-state index contributed by atoms with van der Waals surface area (Å²) in [7, 11) is 0. The summed E-state index contributed by atoms with van der Waals surface area (Å²) in [5, 5.41) is 0. The van der Waals surface area contributed by atoms with Crippen LogP contribution >= 0.6 is 0 Å². The number of hydrogen-bond acceptors (Lipinski definition) is 3. The summed E-state index contributed by atoms with van der Waals surface area (Å²) < 4.78 is 11.4. The first kappa shape index (κ1) is 13.4. The van der Waals surface area contributed by atoms with Crippen molar-refractivity contribution < 1.29 is 9.47 Å². The Morgan fingerprint density at radius 3 is 2.94 bits per heavy atom. The Balaban J connectivity index is 1.98. The maximum atomic E-state index is 5.97. The van der Waals surface area contributed by atoms with Crippen LogP contribution in [0.15, 0.2) is 24.3 Å². The molecule has 1 unspecified atom stereocenters. The fourth-order valence-corrected chi connectivity index (χ4v) is 2.41. The molecule has 3 nitrogen and oxygen atoms in total. The lowest BCUT2D eigenvalue weighted by molar-refractivity contribution is 0.0589. The lowest BCUT2D eigenvalue weighted by atomic mass is 9.78. The summed E-state index contributed by atoms with van der Waals surface area (Å²) in [5.41, 5.74) is 7.29. The van der Waals surface area contributed by atoms with Crippen LogP contribution in [-0.2, 0) is 11.2 Å². The number of benzene rings is 1. The smallest absolute Gasteiger partial charge is 0.122 e. The molecule has 100 valence electrons. The standard InChI is InChI=1S/C15H23NO2/c1-2-8-17-9-7-15(11-16)10-13-5-3-4-6-14(13)18-12-15/h3-6H,2,7-12,16H2,1H3. The van der Waals surface area contributed by atoms with E-state index in [1.165, 1.54) is 5.56 Å². The van der Waals surface area contributed by atoms with Gasteiger partial charge in [0.2, 0.25) is 0 Å². The molecule has 0 saturated carbocycles. The van der Waals surface area contributed by atoms with Crippen LogP contribution < -0.4 is 10.5 Å². The van der Waals surface area contributed by atoms with Crippen molar-refractivity contribution in [2.45, 2.75) is 26.2 Å². The highest BCUT2D eigenvalue weighted by Gasteiger charge is 2.34. The van der Waals surface area contributed by atoms with Gasteiger partial charge in [-0.1, -0.05) is 25.1 Å². The molecule has 1 aromatic rings. The highest BCUT2D eigenvalue weighted by Crippen LogP contribution is 2.36. The monoisotopic (exact) mass is 249 g/mol. The molecule has 0 fully saturated rings. The zero-order valence-corrected chi connectivity index (χ0v) is 11.2. The Labute approximate surface area is 109 Å². The van der Waals surface area contributed by atoms with Crippen molar-refractivity contribution in [1.29, 1.82) is 0 Å². The third kappa shape index (κ3) is 3.03. The quantitative estimate of drug-likeness (QED) is 0.787. The van der Waals surface area contributed by atoms with Gasteiger partial charge in [0.1, 0.15) is 5.75 Å². The van der Waals surface area contributed by atoms with E-state index < -0.39 is 0 Å². The van der Waals surface area contributed by atoms with E-state index in [1.807, 2.05) is 12.1 Å². The minimum atomic E-state index is 0.0437. The van der Waals surface area contributed by atoms with Crippen molar-refractivity contribution in [2.24, 2.45) is 11.1 Å². The van der Waals surface area contributed by atoms with Crippen LogP contribution in [0, 0.1) is 5.41 Å². The van der Waals surface area contributed by atoms with Gasteiger partial charge in [0, 0.05) is 25.2 Å². The lowest BCUT2D eigenvalue weighted by Crippen LogP contribution is -2.42. The number of fused-ring (bicyclic) bond motifs is 1. The van der Waals surface area contributed by atoms with E-state index in [1.54, 1.807) is 0 Å². The van der Waals surface area contributed by atoms with Crippen molar-refractivity contribution in [2.75, 3.05) is 26.4 Å². The third-order valence-electron chi connectivity index (χ3n) is 3.63. The predicted octanol–water partition coefficient (Wildman–Crippen LogP) is 2.38. The van der Waals surface area contributed by atoms with Gasteiger partial charge < -0.3 is 15.2 Å². The van der Waals surface area contributed by atoms with Crippen LogP contribution in [0.3, 0.4) is 0 Å². The Hall–Kier alpha value is -1.06. The molecule has 0 spiro atoms. The molecule has 2 rings (SSSR count). The van der Waals surface area contributed by atoms with E-state index in [4.69, 9.17) is 15.2 Å². The second-order valence-electron chi connectivity index (χ2n) is 5.14. The fourth-order valence-electron chi connectivity index (χ4n) is 2.41. The topological polar surface area (TPSA) is 44.5 Å². The highest BCUT2D eigenvalue weighted by molar-refractivity contribution is 5.36. The molecule has 18 heavy (non-hydrogen) atoms. The van der Waals surface area contributed by atoms with E-state index >= 15 is 0 Å². The SMILES string of the molecule is CCCOCCC1(CN)COc2ccccc2C1. The number of ether oxygens (including phenoxy) is 2. The molecule has 1 aliphatic rings. The maximum Gasteiger partial charge on any atom is 0.122 e. The Bertz CT molecular complexity index is 381. The van der Waals surface area contributed by atoms with Crippen LogP contribution in [0.25, 0.3) is 0 Å². The molecule has 1 aromatic carbocycles. The van der Waals surface area contributed by atoms with Crippen LogP contribution in [0.4, 0.5) is 0 Å². The summed E-state index contributed by atoms with van der Waals surface area (Å²) in [5.74, 6) is 1.01. The number of nitrogens with two attached hydrogens (primary N) is 1. The first-order valence-corrected chi connectivity index (χ1v) is 6.78. The summed E-state index contributed by atoms with van der Waals surface area (Å²) in [6.45, 7) is 5.08. The summed E-state index contributed by atoms with van der Waals surface area (Å²) >= 11 is 0. The molecule has 1 aliphatic heterocycles. The van der Waals surface area contributed by atoms with Crippen LogP contribution in [0.5, 0.6) is 5.75 Å². The third-order valence-corrected chi connectivity index (χ3v) is 3.63. The number of para-hydroxylation sites is 1. The number of hydrogen-bond donors (Lipinski definition) is 1. The molecule has 3 heteroatoms. The molecule has 0 aromatic heterocycles. The number of rotatable bonds is 6. The Morgan fingerprint density at radius 2 is 2.17 bits per heavy atom. The van der Waals surface area contributed by atoms with E-state index in [9.17, 15) is 0 Å². The molecule has 1 heterocycles. The summed E-state index contributed by atoms with van der Waals surface area (Å²) in [4.78, 5) is 0. The first-order chi connectivity index (χ1) is 8.79. The van der Waals surface area contributed by atoms with Crippen molar-refractivity contribution in [3.05, 3.63) is 29.8 Å². The molecule has 0 bridgehead atoms. The van der Waals surface area contributed by atoms with Crippen molar-refractivity contribution in [3.8, 4) is 5.75 Å². The van der Waals surface area contributed by atoms with Crippen molar-refractivity contribution in [1.82, 2.24) is 0 Å². The predicted molar refractivity (Wildman–Crippen MR) is 72.9 cm³/mol.